The van der Waals surface area contributed by atoms with Crippen molar-refractivity contribution in [2.24, 2.45) is 0 Å². The molecule has 4 rings (SSSR count). The number of para-hydroxylation sites is 1. The molecule has 5 nitrogen and oxygen atoms in total. The minimum absolute atomic E-state index is 0.0836. The van der Waals surface area contributed by atoms with Gasteiger partial charge in [0.2, 0.25) is 0 Å². The highest BCUT2D eigenvalue weighted by molar-refractivity contribution is 5.87. The smallest absolute Gasteiger partial charge is 0.140 e. The largest absolute Gasteiger partial charge is 0.507 e. The molecule has 0 saturated heterocycles. The molecule has 0 unspecified atom stereocenters. The highest BCUT2D eigenvalue weighted by atomic mass is 16.5. The Labute approximate surface area is 144 Å². The number of methoxy groups -OCH3 is 1. The van der Waals surface area contributed by atoms with Gasteiger partial charge in [-0.25, -0.2) is 0 Å². The highest BCUT2D eigenvalue weighted by Crippen LogP contribution is 2.40. The van der Waals surface area contributed by atoms with Gasteiger partial charge < -0.3 is 18.8 Å². The van der Waals surface area contributed by atoms with Crippen molar-refractivity contribution in [3.05, 3.63) is 54.3 Å². The molecule has 2 heterocycles. The fourth-order valence-corrected chi connectivity index (χ4v) is 2.99. The fourth-order valence-electron chi connectivity index (χ4n) is 2.99. The third-order valence-electron chi connectivity index (χ3n) is 4.30. The van der Waals surface area contributed by atoms with Gasteiger partial charge in [0.1, 0.15) is 34.8 Å². The van der Waals surface area contributed by atoms with E-state index in [0.717, 1.165) is 23.0 Å². The Morgan fingerprint density at radius 1 is 1.12 bits per heavy atom. The molecular weight excluding hydrogens is 318 g/mol. The van der Waals surface area contributed by atoms with E-state index >= 15 is 0 Å². The molecule has 0 aliphatic rings. The summed E-state index contributed by atoms with van der Waals surface area (Å²) < 4.78 is 16.4. The van der Waals surface area contributed by atoms with Crippen molar-refractivity contribution >= 4 is 11.0 Å². The monoisotopic (exact) mass is 335 g/mol. The molecule has 2 aromatic heterocycles. The van der Waals surface area contributed by atoms with Gasteiger partial charge in [0.05, 0.1) is 12.7 Å². The van der Waals surface area contributed by atoms with Crippen LogP contribution in [0.3, 0.4) is 0 Å². The lowest BCUT2D eigenvalue weighted by Gasteiger charge is -2.10. The van der Waals surface area contributed by atoms with Gasteiger partial charge in [0.25, 0.3) is 0 Å². The average molecular weight is 335 g/mol. The Hall–Kier alpha value is -3.21. The Morgan fingerprint density at radius 2 is 1.96 bits per heavy atom. The number of phenols is 1. The van der Waals surface area contributed by atoms with Crippen molar-refractivity contribution in [1.82, 2.24) is 5.16 Å². The molecule has 0 bridgehead atoms. The number of nitrogens with zero attached hydrogens (tertiary/aromatic N) is 1. The van der Waals surface area contributed by atoms with Gasteiger partial charge in [-0.2, -0.15) is 0 Å². The molecule has 0 amide bonds. The summed E-state index contributed by atoms with van der Waals surface area (Å²) in [5.41, 5.74) is 3.58. The van der Waals surface area contributed by atoms with Crippen molar-refractivity contribution in [3.8, 4) is 34.1 Å². The first kappa shape index (κ1) is 15.3. The second-order valence-electron chi connectivity index (χ2n) is 5.76. The van der Waals surface area contributed by atoms with Crippen LogP contribution in [0.4, 0.5) is 0 Å². The number of aromatic nitrogens is 1. The number of hydrogen-bond acceptors (Lipinski definition) is 5. The van der Waals surface area contributed by atoms with Gasteiger partial charge in [-0.05, 0) is 30.2 Å². The van der Waals surface area contributed by atoms with E-state index in [-0.39, 0.29) is 5.75 Å². The number of aryl methyl sites for hydroxylation is 1. The third-order valence-corrected chi connectivity index (χ3v) is 4.30. The minimum Gasteiger partial charge on any atom is -0.507 e. The van der Waals surface area contributed by atoms with Crippen molar-refractivity contribution in [2.45, 2.75) is 13.3 Å². The van der Waals surface area contributed by atoms with Crippen LogP contribution in [0.5, 0.6) is 11.5 Å². The molecule has 0 aliphatic heterocycles. The maximum Gasteiger partial charge on any atom is 0.140 e. The summed E-state index contributed by atoms with van der Waals surface area (Å²) >= 11 is 0. The van der Waals surface area contributed by atoms with Crippen LogP contribution < -0.4 is 4.74 Å². The Bertz CT molecular complexity index is 1010. The predicted octanol–water partition coefficient (Wildman–Crippen LogP) is 5.03. The summed E-state index contributed by atoms with van der Waals surface area (Å²) in [6, 6.07) is 13.2. The molecule has 0 atom stereocenters. The van der Waals surface area contributed by atoms with Gasteiger partial charge in [0.15, 0.2) is 0 Å². The van der Waals surface area contributed by atoms with Crippen LogP contribution in [0.1, 0.15) is 12.5 Å². The number of fused-ring (bicyclic) bond motifs is 1. The number of aromatic hydroxyl groups is 1. The summed E-state index contributed by atoms with van der Waals surface area (Å²) in [4.78, 5) is 0. The van der Waals surface area contributed by atoms with Gasteiger partial charge in [-0.1, -0.05) is 30.3 Å². The number of rotatable bonds is 4. The standard InChI is InChI=1S/C20H17NO4/c1-3-12-8-14(16(22)10-18(12)23-2)20-15(11-24-21-20)19-9-13-6-4-5-7-17(13)25-19/h4-11,22H,3H2,1-2H3. The summed E-state index contributed by atoms with van der Waals surface area (Å²) in [5, 5.41) is 15.5. The lowest BCUT2D eigenvalue weighted by atomic mass is 10.0. The number of furan rings is 1. The van der Waals surface area contributed by atoms with Crippen LogP contribution in [-0.2, 0) is 6.42 Å². The molecular formula is C20H17NO4. The average Bonchev–Trinajstić information content (AvgIpc) is 3.27. The van der Waals surface area contributed by atoms with Crippen molar-refractivity contribution < 1.29 is 18.8 Å². The molecule has 5 heteroatoms. The van der Waals surface area contributed by atoms with Gasteiger partial charge in [-0.3, -0.25) is 0 Å². The van der Waals surface area contributed by atoms with E-state index in [4.69, 9.17) is 13.7 Å². The summed E-state index contributed by atoms with van der Waals surface area (Å²) in [5.74, 6) is 1.38. The molecule has 4 aromatic rings. The van der Waals surface area contributed by atoms with E-state index in [2.05, 4.69) is 5.16 Å². The van der Waals surface area contributed by atoms with Crippen molar-refractivity contribution in [3.63, 3.8) is 0 Å². The molecule has 0 saturated carbocycles. The van der Waals surface area contributed by atoms with Gasteiger partial charge >= 0.3 is 0 Å². The van der Waals surface area contributed by atoms with E-state index in [0.29, 0.717) is 28.3 Å². The minimum atomic E-state index is 0.0836. The lowest BCUT2D eigenvalue weighted by Crippen LogP contribution is -1.93. The second kappa shape index (κ2) is 6.02. The van der Waals surface area contributed by atoms with Crippen molar-refractivity contribution in [1.29, 1.82) is 0 Å². The number of benzene rings is 2. The Balaban J connectivity index is 1.87. The van der Waals surface area contributed by atoms with Crippen LogP contribution in [0.15, 0.2) is 57.7 Å². The van der Waals surface area contributed by atoms with Crippen LogP contribution in [-0.4, -0.2) is 17.4 Å². The molecule has 0 radical (unpaired) electrons. The Kier molecular flexibility index (Phi) is 3.69. The summed E-state index contributed by atoms with van der Waals surface area (Å²) in [6.45, 7) is 2.03. The molecule has 0 fully saturated rings. The first-order valence-electron chi connectivity index (χ1n) is 8.04. The van der Waals surface area contributed by atoms with E-state index in [1.54, 1.807) is 13.2 Å². The Morgan fingerprint density at radius 3 is 2.72 bits per heavy atom. The van der Waals surface area contributed by atoms with E-state index < -0.39 is 0 Å². The van der Waals surface area contributed by atoms with E-state index in [1.807, 2.05) is 43.3 Å². The number of phenolic OH excluding ortho intramolecular Hbond substituents is 1. The maximum atomic E-state index is 10.4. The quantitative estimate of drug-likeness (QED) is 0.566. The van der Waals surface area contributed by atoms with Gasteiger partial charge in [-0.15, -0.1) is 0 Å². The zero-order chi connectivity index (χ0) is 17.4. The SMILES string of the molecule is CCc1cc(-c2nocc2-c2cc3ccccc3o2)c(O)cc1OC. The predicted molar refractivity (Wildman–Crippen MR) is 94.7 cm³/mol. The molecule has 2 aromatic carbocycles. The number of ether oxygens (including phenoxy) is 1. The second-order valence-corrected chi connectivity index (χ2v) is 5.76. The first-order valence-corrected chi connectivity index (χ1v) is 8.04. The van der Waals surface area contributed by atoms with Crippen molar-refractivity contribution in [2.75, 3.05) is 7.11 Å². The molecule has 0 aliphatic carbocycles. The van der Waals surface area contributed by atoms with Crippen LogP contribution in [0, 0.1) is 0 Å². The normalized spacial score (nSPS) is 11.1. The topological polar surface area (TPSA) is 68.6 Å². The first-order chi connectivity index (χ1) is 12.2. The number of hydrogen-bond donors (Lipinski definition) is 1. The lowest BCUT2D eigenvalue weighted by molar-refractivity contribution is 0.403. The molecule has 1 N–H and O–H groups in total. The van der Waals surface area contributed by atoms with Crippen LogP contribution in [0.25, 0.3) is 33.6 Å². The summed E-state index contributed by atoms with van der Waals surface area (Å²) in [6.07, 6.45) is 2.30. The fraction of sp³-hybridized carbons (Fsp3) is 0.150. The van der Waals surface area contributed by atoms with E-state index in [1.165, 1.54) is 6.26 Å². The summed E-state index contributed by atoms with van der Waals surface area (Å²) in [7, 11) is 1.59. The third kappa shape index (κ3) is 2.54. The van der Waals surface area contributed by atoms with Crippen LogP contribution in [0.2, 0.25) is 0 Å². The molecule has 126 valence electrons. The van der Waals surface area contributed by atoms with Crippen LogP contribution >= 0.6 is 0 Å². The van der Waals surface area contributed by atoms with E-state index in [9.17, 15) is 5.11 Å². The zero-order valence-corrected chi connectivity index (χ0v) is 13.9. The maximum absolute atomic E-state index is 10.4. The zero-order valence-electron chi connectivity index (χ0n) is 13.9. The molecule has 25 heavy (non-hydrogen) atoms. The molecule has 0 spiro atoms. The van der Waals surface area contributed by atoms with Gasteiger partial charge in [0, 0.05) is 17.0 Å². The highest BCUT2D eigenvalue weighted by Gasteiger charge is 2.20.